The van der Waals surface area contributed by atoms with Crippen LogP contribution in [0.1, 0.15) is 37.2 Å². The van der Waals surface area contributed by atoms with Crippen molar-refractivity contribution in [1.29, 1.82) is 0 Å². The summed E-state index contributed by atoms with van der Waals surface area (Å²) in [6.07, 6.45) is 2.89. The summed E-state index contributed by atoms with van der Waals surface area (Å²) in [7, 11) is 1.76. The first-order valence-electron chi connectivity index (χ1n) is 5.74. The third-order valence-corrected chi connectivity index (χ3v) is 3.31. The van der Waals surface area contributed by atoms with Gasteiger partial charge in [0.2, 0.25) is 0 Å². The average molecular weight is 259 g/mol. The average Bonchev–Trinajstić information content (AvgIpc) is 2.65. The Morgan fingerprint density at radius 3 is 2.53 bits per heavy atom. The number of nitrogens with one attached hydrogen (secondary N) is 1. The van der Waals surface area contributed by atoms with Crippen molar-refractivity contribution in [3.05, 3.63) is 23.0 Å². The molecule has 0 saturated heterocycles. The standard InChI is InChI=1S/C12H19ClN2O2/c1-4-12(17,5-2)8-14-11(16)10-6-9(13)7-15(10)3/h6-7,17H,4-5,8H2,1-3H3,(H,14,16). The summed E-state index contributed by atoms with van der Waals surface area (Å²) in [5.74, 6) is -0.222. The Kier molecular flexibility index (Phi) is 4.60. The third-order valence-electron chi connectivity index (χ3n) is 3.10. The van der Waals surface area contributed by atoms with Gasteiger partial charge in [0.25, 0.3) is 5.91 Å². The zero-order valence-corrected chi connectivity index (χ0v) is 11.2. The van der Waals surface area contributed by atoms with Crippen LogP contribution in [0.15, 0.2) is 12.3 Å². The van der Waals surface area contributed by atoms with Crippen molar-refractivity contribution in [3.8, 4) is 0 Å². The van der Waals surface area contributed by atoms with E-state index in [1.54, 1.807) is 23.9 Å². The highest BCUT2D eigenvalue weighted by molar-refractivity contribution is 6.31. The molecule has 1 rings (SSSR count). The van der Waals surface area contributed by atoms with Gasteiger partial charge in [-0.1, -0.05) is 25.4 Å². The summed E-state index contributed by atoms with van der Waals surface area (Å²) < 4.78 is 1.66. The first-order chi connectivity index (χ1) is 7.91. The molecule has 0 atom stereocenters. The second-order valence-corrected chi connectivity index (χ2v) is 4.71. The van der Waals surface area contributed by atoms with E-state index in [2.05, 4.69) is 5.32 Å². The van der Waals surface area contributed by atoms with Crippen molar-refractivity contribution in [2.75, 3.05) is 6.54 Å². The number of amides is 1. The minimum absolute atomic E-state index is 0.222. The van der Waals surface area contributed by atoms with E-state index in [9.17, 15) is 9.90 Å². The predicted octanol–water partition coefficient (Wildman–Crippen LogP) is 1.96. The Labute approximate surface area is 107 Å². The van der Waals surface area contributed by atoms with Crippen molar-refractivity contribution in [2.24, 2.45) is 7.05 Å². The summed E-state index contributed by atoms with van der Waals surface area (Å²) in [5.41, 5.74) is -0.338. The first-order valence-corrected chi connectivity index (χ1v) is 6.12. The lowest BCUT2D eigenvalue weighted by Crippen LogP contribution is -2.42. The molecule has 0 bridgehead atoms. The maximum Gasteiger partial charge on any atom is 0.268 e. The molecular formula is C12H19ClN2O2. The third kappa shape index (κ3) is 3.48. The molecule has 0 aromatic carbocycles. The van der Waals surface area contributed by atoms with Crippen LogP contribution in [0.4, 0.5) is 0 Å². The number of aromatic nitrogens is 1. The topological polar surface area (TPSA) is 54.3 Å². The molecule has 0 aliphatic rings. The molecule has 0 fully saturated rings. The molecule has 0 aliphatic carbocycles. The maximum atomic E-state index is 11.9. The Balaban J connectivity index is 2.65. The molecular weight excluding hydrogens is 240 g/mol. The van der Waals surface area contributed by atoms with Crippen molar-refractivity contribution >= 4 is 17.5 Å². The van der Waals surface area contributed by atoms with E-state index in [0.29, 0.717) is 23.6 Å². The number of aryl methyl sites for hydroxylation is 1. The molecule has 1 amide bonds. The van der Waals surface area contributed by atoms with Gasteiger partial charge in [0, 0.05) is 19.8 Å². The lowest BCUT2D eigenvalue weighted by molar-refractivity contribution is 0.0312. The summed E-state index contributed by atoms with van der Waals surface area (Å²) in [4.78, 5) is 11.9. The zero-order chi connectivity index (χ0) is 13.1. The number of hydrogen-bond acceptors (Lipinski definition) is 2. The number of carbonyl (C=O) groups excluding carboxylic acids is 1. The fourth-order valence-electron chi connectivity index (χ4n) is 1.59. The van der Waals surface area contributed by atoms with Crippen molar-refractivity contribution in [2.45, 2.75) is 32.3 Å². The van der Waals surface area contributed by atoms with Crippen LogP contribution in [-0.4, -0.2) is 27.7 Å². The van der Waals surface area contributed by atoms with Gasteiger partial charge in [0.05, 0.1) is 10.6 Å². The van der Waals surface area contributed by atoms with Crippen LogP contribution in [0, 0.1) is 0 Å². The zero-order valence-electron chi connectivity index (χ0n) is 10.5. The number of carbonyl (C=O) groups is 1. The van der Waals surface area contributed by atoms with Crippen molar-refractivity contribution in [3.63, 3.8) is 0 Å². The highest BCUT2D eigenvalue weighted by Crippen LogP contribution is 2.15. The van der Waals surface area contributed by atoms with Crippen LogP contribution in [0.5, 0.6) is 0 Å². The van der Waals surface area contributed by atoms with Gasteiger partial charge in [0.15, 0.2) is 0 Å². The minimum Gasteiger partial charge on any atom is -0.388 e. The first kappa shape index (κ1) is 14.1. The molecule has 0 spiro atoms. The highest BCUT2D eigenvalue weighted by atomic mass is 35.5. The second-order valence-electron chi connectivity index (χ2n) is 4.27. The van der Waals surface area contributed by atoms with E-state index in [-0.39, 0.29) is 12.5 Å². The Morgan fingerprint density at radius 2 is 2.12 bits per heavy atom. The van der Waals surface area contributed by atoms with Gasteiger partial charge in [0.1, 0.15) is 5.69 Å². The summed E-state index contributed by atoms with van der Waals surface area (Å²) in [6.45, 7) is 4.05. The van der Waals surface area contributed by atoms with Crippen LogP contribution >= 0.6 is 11.6 Å². The molecule has 1 heterocycles. The van der Waals surface area contributed by atoms with E-state index in [1.165, 1.54) is 0 Å². The van der Waals surface area contributed by atoms with Gasteiger partial charge in [-0.25, -0.2) is 0 Å². The van der Waals surface area contributed by atoms with Crippen molar-refractivity contribution < 1.29 is 9.90 Å². The number of halogens is 1. The van der Waals surface area contributed by atoms with Gasteiger partial charge >= 0.3 is 0 Å². The normalized spacial score (nSPS) is 11.6. The number of nitrogens with zero attached hydrogens (tertiary/aromatic N) is 1. The number of aliphatic hydroxyl groups is 1. The molecule has 96 valence electrons. The molecule has 0 radical (unpaired) electrons. The van der Waals surface area contributed by atoms with E-state index in [1.807, 2.05) is 13.8 Å². The van der Waals surface area contributed by atoms with Gasteiger partial charge in [-0.05, 0) is 18.9 Å². The van der Waals surface area contributed by atoms with E-state index < -0.39 is 5.60 Å². The fourth-order valence-corrected chi connectivity index (χ4v) is 1.84. The number of rotatable bonds is 5. The maximum absolute atomic E-state index is 11.9. The summed E-state index contributed by atoms with van der Waals surface area (Å²) >= 11 is 5.80. The van der Waals surface area contributed by atoms with Crippen LogP contribution < -0.4 is 5.32 Å². The SMILES string of the molecule is CCC(O)(CC)CNC(=O)c1cc(Cl)cn1C. The Morgan fingerprint density at radius 1 is 1.53 bits per heavy atom. The molecule has 2 N–H and O–H groups in total. The quantitative estimate of drug-likeness (QED) is 0.848. The minimum atomic E-state index is -0.829. The van der Waals surface area contributed by atoms with Crippen LogP contribution in [0.2, 0.25) is 5.02 Å². The molecule has 5 heteroatoms. The molecule has 17 heavy (non-hydrogen) atoms. The van der Waals surface area contributed by atoms with E-state index in [4.69, 9.17) is 11.6 Å². The number of hydrogen-bond donors (Lipinski definition) is 2. The smallest absolute Gasteiger partial charge is 0.268 e. The van der Waals surface area contributed by atoms with E-state index >= 15 is 0 Å². The van der Waals surface area contributed by atoms with Crippen molar-refractivity contribution in [1.82, 2.24) is 9.88 Å². The summed E-state index contributed by atoms with van der Waals surface area (Å²) in [5, 5.41) is 13.3. The Hall–Kier alpha value is -1.00. The molecule has 1 aromatic rings. The molecule has 0 saturated carbocycles. The van der Waals surface area contributed by atoms with Crippen LogP contribution in [0.3, 0.4) is 0 Å². The molecule has 4 nitrogen and oxygen atoms in total. The van der Waals surface area contributed by atoms with Gasteiger partial charge in [-0.3, -0.25) is 4.79 Å². The molecule has 0 unspecified atom stereocenters. The largest absolute Gasteiger partial charge is 0.388 e. The summed E-state index contributed by atoms with van der Waals surface area (Å²) in [6, 6.07) is 1.60. The highest BCUT2D eigenvalue weighted by Gasteiger charge is 2.23. The van der Waals surface area contributed by atoms with Gasteiger partial charge < -0.3 is 15.0 Å². The Bertz CT molecular complexity index is 397. The van der Waals surface area contributed by atoms with Gasteiger partial charge in [-0.15, -0.1) is 0 Å². The van der Waals surface area contributed by atoms with E-state index in [0.717, 1.165) is 0 Å². The fraction of sp³-hybridized carbons (Fsp3) is 0.583. The monoisotopic (exact) mass is 258 g/mol. The van der Waals surface area contributed by atoms with Gasteiger partial charge in [-0.2, -0.15) is 0 Å². The molecule has 0 aliphatic heterocycles. The lowest BCUT2D eigenvalue weighted by atomic mass is 9.97. The molecule has 1 aromatic heterocycles. The van der Waals surface area contributed by atoms with Crippen LogP contribution in [-0.2, 0) is 7.05 Å². The second kappa shape index (κ2) is 5.56. The lowest BCUT2D eigenvalue weighted by Gasteiger charge is -2.25. The predicted molar refractivity (Wildman–Crippen MR) is 68.3 cm³/mol. The van der Waals surface area contributed by atoms with Crippen LogP contribution in [0.25, 0.3) is 0 Å².